The molecule has 0 spiro atoms. The van der Waals surface area contributed by atoms with Gasteiger partial charge in [0.1, 0.15) is 30.0 Å². The summed E-state index contributed by atoms with van der Waals surface area (Å²) in [5.41, 5.74) is 2.35. The molecule has 0 radical (unpaired) electrons. The summed E-state index contributed by atoms with van der Waals surface area (Å²) in [6.07, 6.45) is 8.25. The van der Waals surface area contributed by atoms with E-state index < -0.39 is 18.0 Å². The van der Waals surface area contributed by atoms with Crippen molar-refractivity contribution < 1.29 is 38.4 Å². The van der Waals surface area contributed by atoms with Gasteiger partial charge in [-0.15, -0.1) is 0 Å². The molecule has 1 atom stereocenters. The van der Waals surface area contributed by atoms with Crippen LogP contribution in [0.5, 0.6) is 5.75 Å². The summed E-state index contributed by atoms with van der Waals surface area (Å²) in [5.74, 6) is 0.590. The first-order chi connectivity index (χ1) is 19.2. The zero-order chi connectivity index (χ0) is 29.9. The number of carbonyl (C=O) groups is 3. The molecule has 1 aromatic rings. The fourth-order valence-corrected chi connectivity index (χ4v) is 3.86. The largest absolute Gasteiger partial charge is 0.497 e. The maximum Gasteiger partial charge on any atom is 0.311 e. The summed E-state index contributed by atoms with van der Waals surface area (Å²) in [7, 11) is 5.44. The van der Waals surface area contributed by atoms with Crippen molar-refractivity contribution in [1.82, 2.24) is 4.90 Å². The van der Waals surface area contributed by atoms with Crippen LogP contribution in [0.2, 0.25) is 0 Å². The third-order valence-electron chi connectivity index (χ3n) is 5.72. The van der Waals surface area contributed by atoms with Crippen LogP contribution in [0.25, 0.3) is 0 Å². The normalized spacial score (nSPS) is 14.8. The lowest BCUT2D eigenvalue weighted by Crippen LogP contribution is -2.34. The van der Waals surface area contributed by atoms with Gasteiger partial charge in [-0.1, -0.05) is 38.6 Å². The van der Waals surface area contributed by atoms with Crippen molar-refractivity contribution in [2.75, 3.05) is 34.4 Å². The Kier molecular flexibility index (Phi) is 16.8. The third kappa shape index (κ3) is 14.5. The van der Waals surface area contributed by atoms with E-state index in [2.05, 4.69) is 29.5 Å². The first kappa shape index (κ1) is 34.4. The SMILES string of the molecule is C=C1CCC(=O)O1.CC.COc1cccc(CCC2=CCCC=C2OCC(CN(C)C)OC(=O)CCC(=O)O)c1. The molecule has 0 bridgehead atoms. The Balaban J connectivity index is 0.000000759. The van der Waals surface area contributed by atoms with Crippen LogP contribution in [0.1, 0.15) is 64.4 Å². The van der Waals surface area contributed by atoms with Gasteiger partial charge < -0.3 is 29.0 Å². The van der Waals surface area contributed by atoms with Crippen LogP contribution < -0.4 is 4.74 Å². The molecule has 1 N–H and O–H groups in total. The number of likely N-dealkylation sites (N-methyl/N-ethyl adjacent to an activating group) is 1. The van der Waals surface area contributed by atoms with E-state index in [1.165, 1.54) is 5.56 Å². The zero-order valence-corrected chi connectivity index (χ0v) is 24.6. The predicted molar refractivity (Wildman–Crippen MR) is 154 cm³/mol. The van der Waals surface area contributed by atoms with E-state index in [9.17, 15) is 14.4 Å². The van der Waals surface area contributed by atoms with Crippen molar-refractivity contribution in [2.24, 2.45) is 0 Å². The van der Waals surface area contributed by atoms with E-state index in [4.69, 9.17) is 19.3 Å². The highest BCUT2D eigenvalue weighted by molar-refractivity contribution is 5.76. The maximum atomic E-state index is 12.0. The lowest BCUT2D eigenvalue weighted by atomic mass is 9.98. The molecule has 9 heteroatoms. The van der Waals surface area contributed by atoms with Crippen LogP contribution >= 0.6 is 0 Å². The van der Waals surface area contributed by atoms with Gasteiger partial charge in [-0.3, -0.25) is 14.4 Å². The number of esters is 2. The number of nitrogens with zero attached hydrogens (tertiary/aromatic N) is 1. The number of aryl methyl sites for hydroxylation is 1. The topological polar surface area (TPSA) is 112 Å². The molecular weight excluding hydrogens is 514 g/mol. The lowest BCUT2D eigenvalue weighted by Gasteiger charge is -2.24. The lowest BCUT2D eigenvalue weighted by molar-refractivity contribution is -0.154. The molecule has 1 aliphatic carbocycles. The molecule has 1 saturated heterocycles. The number of methoxy groups -OCH3 is 1. The van der Waals surface area contributed by atoms with E-state index >= 15 is 0 Å². The molecule has 9 nitrogen and oxygen atoms in total. The van der Waals surface area contributed by atoms with Crippen LogP contribution in [0.4, 0.5) is 0 Å². The van der Waals surface area contributed by atoms with Gasteiger partial charge in [0.25, 0.3) is 0 Å². The van der Waals surface area contributed by atoms with E-state index in [-0.39, 0.29) is 25.4 Å². The Labute approximate surface area is 238 Å². The summed E-state index contributed by atoms with van der Waals surface area (Å²) in [6, 6.07) is 8.04. The van der Waals surface area contributed by atoms with Gasteiger partial charge in [0, 0.05) is 13.0 Å². The van der Waals surface area contributed by atoms with E-state index in [0.717, 1.165) is 42.8 Å². The molecule has 1 aromatic carbocycles. The molecule has 0 aromatic heterocycles. The number of cyclic esters (lactones) is 1. The number of rotatable bonds is 13. The first-order valence-corrected chi connectivity index (χ1v) is 13.8. The molecule has 1 heterocycles. The first-order valence-electron chi connectivity index (χ1n) is 13.8. The molecule has 222 valence electrons. The smallest absolute Gasteiger partial charge is 0.311 e. The molecule has 1 aliphatic heterocycles. The average molecular weight is 560 g/mol. The fourth-order valence-electron chi connectivity index (χ4n) is 3.86. The van der Waals surface area contributed by atoms with Gasteiger partial charge in [-0.05, 0) is 69.1 Å². The number of hydrogen-bond acceptors (Lipinski definition) is 8. The molecule has 0 amide bonds. The van der Waals surface area contributed by atoms with Crippen LogP contribution in [0, 0.1) is 0 Å². The van der Waals surface area contributed by atoms with Crippen molar-refractivity contribution in [3.05, 3.63) is 65.7 Å². The molecule has 40 heavy (non-hydrogen) atoms. The molecule has 0 saturated carbocycles. The summed E-state index contributed by atoms with van der Waals surface area (Å²) < 4.78 is 21.4. The van der Waals surface area contributed by atoms with Gasteiger partial charge in [0.2, 0.25) is 0 Å². The molecular formula is C31H45NO8. The Bertz CT molecular complexity index is 1010. The van der Waals surface area contributed by atoms with E-state index in [0.29, 0.717) is 25.1 Å². The second kappa shape index (κ2) is 19.5. The molecule has 2 aliphatic rings. The zero-order valence-electron chi connectivity index (χ0n) is 24.6. The highest BCUT2D eigenvalue weighted by Gasteiger charge is 2.19. The number of allylic oxidation sites excluding steroid dienone is 4. The molecule has 1 unspecified atom stereocenters. The average Bonchev–Trinajstić information content (AvgIpc) is 3.33. The monoisotopic (exact) mass is 559 g/mol. The quantitative estimate of drug-likeness (QED) is 0.315. The van der Waals surface area contributed by atoms with Crippen LogP contribution in [-0.4, -0.2) is 68.4 Å². The van der Waals surface area contributed by atoms with Crippen molar-refractivity contribution >= 4 is 17.9 Å². The summed E-state index contributed by atoms with van der Waals surface area (Å²) >= 11 is 0. The van der Waals surface area contributed by atoms with E-state index in [1.54, 1.807) is 7.11 Å². The Hall–Kier alpha value is -3.59. The number of carboxylic acids is 1. The second-order valence-electron chi connectivity index (χ2n) is 9.32. The van der Waals surface area contributed by atoms with Gasteiger partial charge in [0.05, 0.1) is 26.4 Å². The third-order valence-corrected chi connectivity index (χ3v) is 5.72. The van der Waals surface area contributed by atoms with Crippen LogP contribution in [0.3, 0.4) is 0 Å². The minimum Gasteiger partial charge on any atom is -0.497 e. The van der Waals surface area contributed by atoms with Crippen molar-refractivity contribution in [3.63, 3.8) is 0 Å². The van der Waals surface area contributed by atoms with E-state index in [1.807, 2.05) is 51.0 Å². The molecule has 3 rings (SSSR count). The number of aliphatic carboxylic acids is 1. The Morgan fingerprint density at radius 3 is 2.40 bits per heavy atom. The van der Waals surface area contributed by atoms with Crippen molar-refractivity contribution in [2.45, 2.75) is 71.3 Å². The highest BCUT2D eigenvalue weighted by Crippen LogP contribution is 2.25. The van der Waals surface area contributed by atoms with Gasteiger partial charge >= 0.3 is 17.9 Å². The van der Waals surface area contributed by atoms with Gasteiger partial charge in [-0.25, -0.2) is 0 Å². The van der Waals surface area contributed by atoms with Crippen molar-refractivity contribution in [1.29, 1.82) is 0 Å². The fraction of sp³-hybridized carbons (Fsp3) is 0.516. The van der Waals surface area contributed by atoms with Gasteiger partial charge in [-0.2, -0.15) is 0 Å². The highest BCUT2D eigenvalue weighted by atomic mass is 16.6. The van der Waals surface area contributed by atoms with Crippen LogP contribution in [-0.2, 0) is 35.0 Å². The molecule has 1 fully saturated rings. The number of carboxylic acid groups (broad SMARTS) is 1. The summed E-state index contributed by atoms with van der Waals surface area (Å²) in [5, 5.41) is 8.75. The Morgan fingerprint density at radius 1 is 1.10 bits per heavy atom. The minimum atomic E-state index is -1.02. The Morgan fingerprint density at radius 2 is 1.82 bits per heavy atom. The maximum absolute atomic E-state index is 12.0. The number of ether oxygens (including phenoxy) is 4. The minimum absolute atomic E-state index is 0.145. The van der Waals surface area contributed by atoms with Gasteiger partial charge in [0.15, 0.2) is 0 Å². The van der Waals surface area contributed by atoms with Crippen molar-refractivity contribution in [3.8, 4) is 5.75 Å². The van der Waals surface area contributed by atoms with Crippen LogP contribution in [0.15, 0.2) is 60.1 Å². The predicted octanol–water partition coefficient (Wildman–Crippen LogP) is 5.45. The number of hydrogen-bond donors (Lipinski definition) is 1. The summed E-state index contributed by atoms with van der Waals surface area (Å²) in [4.78, 5) is 34.7. The number of carbonyl (C=O) groups excluding carboxylic acids is 2. The second-order valence-corrected chi connectivity index (χ2v) is 9.32. The number of benzene rings is 1. The standard InChI is InChI=1S/C24H33NO6.C5H6O2.C2H6/c1-25(2)16-21(31-24(28)14-13-23(26)27)17-30-22-10-5-4-8-19(22)12-11-18-7-6-9-20(15-18)29-3;1-4-2-3-5(6)7-4;1-2/h6-10,15,21H,4-5,11-14,16-17H2,1-3H3,(H,26,27);1-3H2;1-2H3. The summed E-state index contributed by atoms with van der Waals surface area (Å²) in [6.45, 7) is 8.18.